The number of methoxy groups -OCH3 is 1. The maximum Gasteiger partial charge on any atom is 0.231 e. The van der Waals surface area contributed by atoms with Gasteiger partial charge < -0.3 is 33.5 Å². The summed E-state index contributed by atoms with van der Waals surface area (Å²) in [7, 11) is 1.57. The Labute approximate surface area is 160 Å². The molecule has 2 aromatic rings. The van der Waals surface area contributed by atoms with Crippen LogP contribution in [-0.4, -0.2) is 32.6 Å². The molecular formula is C16H14Br2O7. The topological polar surface area (TPSA) is 75.6 Å². The third-order valence-corrected chi connectivity index (χ3v) is 4.33. The molecule has 2 aromatic carbocycles. The number of ether oxygens (including phenoxy) is 6. The van der Waals surface area contributed by atoms with E-state index in [1.165, 1.54) is 6.07 Å². The lowest BCUT2D eigenvalue weighted by molar-refractivity contribution is 0.0509. The molecule has 9 heteroatoms. The van der Waals surface area contributed by atoms with Crippen LogP contribution in [0.3, 0.4) is 0 Å². The van der Waals surface area contributed by atoms with Crippen LogP contribution in [0, 0.1) is 0 Å². The highest BCUT2D eigenvalue weighted by Crippen LogP contribution is 2.42. The van der Waals surface area contributed by atoms with Gasteiger partial charge in [-0.1, -0.05) is 0 Å². The molecule has 134 valence electrons. The number of phenolic OH excluding ortho intramolecular Hbond substituents is 1. The highest BCUT2D eigenvalue weighted by molar-refractivity contribution is 9.11. The predicted molar refractivity (Wildman–Crippen MR) is 94.7 cm³/mol. The zero-order valence-corrected chi connectivity index (χ0v) is 16.3. The summed E-state index contributed by atoms with van der Waals surface area (Å²) >= 11 is 6.60. The Morgan fingerprint density at radius 1 is 0.920 bits per heavy atom. The van der Waals surface area contributed by atoms with Crippen LogP contribution in [0.1, 0.15) is 0 Å². The molecular weight excluding hydrogens is 464 g/mol. The molecule has 2 heterocycles. The zero-order valence-electron chi connectivity index (χ0n) is 13.1. The normalized spacial score (nSPS) is 13.2. The van der Waals surface area contributed by atoms with E-state index in [2.05, 4.69) is 31.9 Å². The molecule has 0 atom stereocenters. The van der Waals surface area contributed by atoms with Crippen molar-refractivity contribution in [1.29, 1.82) is 0 Å². The van der Waals surface area contributed by atoms with Crippen LogP contribution in [0.5, 0.6) is 34.5 Å². The molecule has 0 unspecified atom stereocenters. The lowest BCUT2D eigenvalue weighted by Gasteiger charge is -2.06. The number of hydrogen-bond acceptors (Lipinski definition) is 7. The van der Waals surface area contributed by atoms with Crippen LogP contribution in [0.2, 0.25) is 0 Å². The summed E-state index contributed by atoms with van der Waals surface area (Å²) in [5.41, 5.74) is 0. The summed E-state index contributed by atoms with van der Waals surface area (Å²) in [6.45, 7) is 0.686. The fraction of sp³-hybridized carbons (Fsp3) is 0.250. The second kappa shape index (κ2) is 8.03. The van der Waals surface area contributed by atoms with Crippen molar-refractivity contribution >= 4 is 31.9 Å². The summed E-state index contributed by atoms with van der Waals surface area (Å²) < 4.78 is 32.2. The van der Waals surface area contributed by atoms with Crippen molar-refractivity contribution in [2.45, 2.75) is 0 Å². The number of benzene rings is 2. The van der Waals surface area contributed by atoms with E-state index in [0.29, 0.717) is 27.5 Å². The highest BCUT2D eigenvalue weighted by atomic mass is 79.9. The minimum Gasteiger partial charge on any atom is -0.508 e. The Balaban J connectivity index is 0.000000150. The van der Waals surface area contributed by atoms with Crippen LogP contribution in [0.25, 0.3) is 0 Å². The van der Waals surface area contributed by atoms with Crippen LogP contribution in [0.4, 0.5) is 0 Å². The van der Waals surface area contributed by atoms with E-state index in [0.717, 1.165) is 10.2 Å². The van der Waals surface area contributed by atoms with E-state index < -0.39 is 0 Å². The first-order valence-corrected chi connectivity index (χ1v) is 8.66. The van der Waals surface area contributed by atoms with Gasteiger partial charge in [0.2, 0.25) is 13.6 Å². The number of phenols is 1. The molecule has 4 rings (SSSR count). The lowest BCUT2D eigenvalue weighted by Crippen LogP contribution is -1.98. The molecule has 0 saturated carbocycles. The first-order chi connectivity index (χ1) is 12.1. The standard InChI is InChI=1S/C9H9BrO4.C7H5BrO3/c1-11-4-12-6-2-7(10)9-8(3-6)13-5-14-9;8-5-1-4(9)2-6-7(5)11-3-10-6/h2-3H,4-5H2,1H3;1-2,9H,3H2. The van der Waals surface area contributed by atoms with Crippen molar-refractivity contribution < 1.29 is 33.5 Å². The molecule has 2 aliphatic rings. The van der Waals surface area contributed by atoms with Gasteiger partial charge in [-0.25, -0.2) is 0 Å². The van der Waals surface area contributed by atoms with Crippen molar-refractivity contribution in [1.82, 2.24) is 0 Å². The van der Waals surface area contributed by atoms with Gasteiger partial charge in [0.1, 0.15) is 11.5 Å². The van der Waals surface area contributed by atoms with Crippen LogP contribution in [0.15, 0.2) is 33.2 Å². The molecule has 0 amide bonds. The summed E-state index contributed by atoms with van der Waals surface area (Å²) in [6.07, 6.45) is 0. The first kappa shape index (κ1) is 18.0. The maximum atomic E-state index is 9.11. The Morgan fingerprint density at radius 3 is 2.16 bits per heavy atom. The average Bonchev–Trinajstić information content (AvgIpc) is 3.22. The highest BCUT2D eigenvalue weighted by Gasteiger charge is 2.18. The number of aromatic hydroxyl groups is 1. The summed E-state index contributed by atoms with van der Waals surface area (Å²) in [6, 6.07) is 6.67. The number of hydrogen-bond donors (Lipinski definition) is 1. The van der Waals surface area contributed by atoms with Gasteiger partial charge in [-0.05, 0) is 44.0 Å². The van der Waals surface area contributed by atoms with Crippen molar-refractivity contribution in [3.8, 4) is 34.5 Å². The van der Waals surface area contributed by atoms with Crippen molar-refractivity contribution in [2.75, 3.05) is 27.5 Å². The zero-order chi connectivity index (χ0) is 17.8. The molecule has 0 aromatic heterocycles. The summed E-state index contributed by atoms with van der Waals surface area (Å²) in [5.74, 6) is 3.49. The lowest BCUT2D eigenvalue weighted by atomic mass is 10.3. The fourth-order valence-electron chi connectivity index (χ4n) is 2.11. The Morgan fingerprint density at radius 2 is 1.52 bits per heavy atom. The third-order valence-electron chi connectivity index (χ3n) is 3.16. The van der Waals surface area contributed by atoms with Gasteiger partial charge in [0.25, 0.3) is 0 Å². The molecule has 7 nitrogen and oxygen atoms in total. The molecule has 0 fully saturated rings. The molecule has 1 N–H and O–H groups in total. The predicted octanol–water partition coefficient (Wildman–Crippen LogP) is 4.04. The van der Waals surface area contributed by atoms with Gasteiger partial charge >= 0.3 is 0 Å². The van der Waals surface area contributed by atoms with Crippen LogP contribution < -0.4 is 23.7 Å². The molecule has 0 radical (unpaired) electrons. The van der Waals surface area contributed by atoms with Gasteiger partial charge in [0.05, 0.1) is 8.95 Å². The Kier molecular flexibility index (Phi) is 5.77. The summed E-state index contributed by atoms with van der Waals surface area (Å²) in [4.78, 5) is 0. The van der Waals surface area contributed by atoms with Crippen molar-refractivity contribution in [3.63, 3.8) is 0 Å². The minimum absolute atomic E-state index is 0.168. The van der Waals surface area contributed by atoms with Gasteiger partial charge in [-0.15, -0.1) is 0 Å². The fourth-order valence-corrected chi connectivity index (χ4v) is 3.19. The number of rotatable bonds is 3. The van der Waals surface area contributed by atoms with Gasteiger partial charge in [-0.2, -0.15) is 0 Å². The number of fused-ring (bicyclic) bond motifs is 2. The van der Waals surface area contributed by atoms with E-state index in [-0.39, 0.29) is 26.1 Å². The first-order valence-electron chi connectivity index (χ1n) is 7.07. The molecule has 0 bridgehead atoms. The molecule has 2 aliphatic heterocycles. The SMILES string of the molecule is COCOc1cc(Br)c2c(c1)OCO2.Oc1cc(Br)c2c(c1)OCO2. The van der Waals surface area contributed by atoms with E-state index in [9.17, 15) is 0 Å². The van der Waals surface area contributed by atoms with Gasteiger partial charge in [0.15, 0.2) is 29.8 Å². The van der Waals surface area contributed by atoms with E-state index >= 15 is 0 Å². The van der Waals surface area contributed by atoms with Crippen LogP contribution in [-0.2, 0) is 4.74 Å². The van der Waals surface area contributed by atoms with E-state index in [1.807, 2.05) is 6.07 Å². The molecule has 25 heavy (non-hydrogen) atoms. The molecule has 0 spiro atoms. The Bertz CT molecular complexity index is 767. The summed E-state index contributed by atoms with van der Waals surface area (Å²) in [5, 5.41) is 9.11. The minimum atomic E-state index is 0.168. The van der Waals surface area contributed by atoms with Crippen LogP contribution >= 0.6 is 31.9 Å². The maximum absolute atomic E-state index is 9.11. The largest absolute Gasteiger partial charge is 0.508 e. The molecule has 0 aliphatic carbocycles. The second-order valence-corrected chi connectivity index (χ2v) is 6.56. The quantitative estimate of drug-likeness (QED) is 0.668. The smallest absolute Gasteiger partial charge is 0.231 e. The van der Waals surface area contributed by atoms with E-state index in [4.69, 9.17) is 33.5 Å². The van der Waals surface area contributed by atoms with Gasteiger partial charge in [0, 0.05) is 19.2 Å². The van der Waals surface area contributed by atoms with Crippen molar-refractivity contribution in [2.24, 2.45) is 0 Å². The monoisotopic (exact) mass is 476 g/mol. The third kappa shape index (κ3) is 4.23. The second-order valence-electron chi connectivity index (χ2n) is 4.85. The Hall–Kier alpha value is -1.84. The average molecular weight is 478 g/mol. The number of halogens is 2. The van der Waals surface area contributed by atoms with Gasteiger partial charge in [-0.3, -0.25) is 0 Å². The molecule has 0 saturated heterocycles. The van der Waals surface area contributed by atoms with Crippen molar-refractivity contribution in [3.05, 3.63) is 33.2 Å². The van der Waals surface area contributed by atoms with E-state index in [1.54, 1.807) is 19.2 Å².